The summed E-state index contributed by atoms with van der Waals surface area (Å²) in [6, 6.07) is 13.6. The minimum atomic E-state index is -0.0948. The van der Waals surface area contributed by atoms with Gasteiger partial charge < -0.3 is 24.4 Å². The van der Waals surface area contributed by atoms with E-state index in [9.17, 15) is 4.79 Å². The molecule has 0 radical (unpaired) electrons. The molecule has 6 heteroatoms. The second-order valence-corrected chi connectivity index (χ2v) is 5.97. The number of fused-ring (bicyclic) bond motifs is 1. The fourth-order valence-corrected chi connectivity index (χ4v) is 2.97. The molecule has 1 fully saturated rings. The van der Waals surface area contributed by atoms with Crippen LogP contribution in [0.5, 0.6) is 11.5 Å². The molecule has 0 aliphatic carbocycles. The Morgan fingerprint density at radius 3 is 2.48 bits per heavy atom. The third kappa shape index (κ3) is 3.53. The Morgan fingerprint density at radius 2 is 1.64 bits per heavy atom. The average molecular weight is 340 g/mol. The van der Waals surface area contributed by atoms with Crippen molar-refractivity contribution in [2.45, 2.75) is 0 Å². The van der Waals surface area contributed by atoms with Gasteiger partial charge in [-0.3, -0.25) is 0 Å². The van der Waals surface area contributed by atoms with Crippen molar-refractivity contribution in [3.63, 3.8) is 0 Å². The number of urea groups is 1. The van der Waals surface area contributed by atoms with E-state index in [-0.39, 0.29) is 6.03 Å². The zero-order valence-electron chi connectivity index (χ0n) is 13.9. The van der Waals surface area contributed by atoms with Crippen LogP contribution in [0.2, 0.25) is 0 Å². The largest absolute Gasteiger partial charge is 0.486 e. The number of morpholine rings is 1. The third-order valence-electron chi connectivity index (χ3n) is 4.29. The summed E-state index contributed by atoms with van der Waals surface area (Å²) in [5, 5.41) is 2.96. The Kier molecular flexibility index (Phi) is 4.43. The van der Waals surface area contributed by atoms with Crippen molar-refractivity contribution < 1.29 is 19.0 Å². The lowest BCUT2D eigenvalue weighted by Crippen LogP contribution is -2.43. The quantitative estimate of drug-likeness (QED) is 0.913. The Balaban J connectivity index is 1.52. The normalized spacial score (nSPS) is 16.4. The number of carbonyl (C=O) groups is 1. The molecule has 0 bridgehead atoms. The fraction of sp³-hybridized carbons (Fsp3) is 0.316. The number of rotatable bonds is 2. The first-order chi connectivity index (χ1) is 12.3. The number of benzene rings is 2. The summed E-state index contributed by atoms with van der Waals surface area (Å²) >= 11 is 0. The van der Waals surface area contributed by atoms with Crippen LogP contribution in [0.15, 0.2) is 42.5 Å². The minimum Gasteiger partial charge on any atom is -0.486 e. The van der Waals surface area contributed by atoms with Crippen molar-refractivity contribution in [1.82, 2.24) is 4.90 Å². The number of hydrogen-bond acceptors (Lipinski definition) is 4. The molecular weight excluding hydrogens is 320 g/mol. The highest BCUT2D eigenvalue weighted by Gasteiger charge is 2.17. The molecule has 0 saturated carbocycles. The van der Waals surface area contributed by atoms with Crippen LogP contribution in [0.25, 0.3) is 11.1 Å². The number of hydrogen-bond donors (Lipinski definition) is 1. The molecule has 2 aromatic carbocycles. The van der Waals surface area contributed by atoms with E-state index < -0.39 is 0 Å². The number of amides is 2. The van der Waals surface area contributed by atoms with E-state index in [0.717, 1.165) is 28.3 Å². The molecule has 4 rings (SSSR count). The van der Waals surface area contributed by atoms with E-state index in [0.29, 0.717) is 39.5 Å². The van der Waals surface area contributed by atoms with Crippen molar-refractivity contribution in [2.24, 2.45) is 0 Å². The lowest BCUT2D eigenvalue weighted by Gasteiger charge is -2.27. The van der Waals surface area contributed by atoms with Gasteiger partial charge in [0.05, 0.1) is 13.2 Å². The molecule has 130 valence electrons. The average Bonchev–Trinajstić information content (AvgIpc) is 2.68. The highest BCUT2D eigenvalue weighted by molar-refractivity contribution is 5.90. The van der Waals surface area contributed by atoms with Crippen LogP contribution in [-0.2, 0) is 4.74 Å². The van der Waals surface area contributed by atoms with Gasteiger partial charge in [-0.05, 0) is 35.4 Å². The zero-order chi connectivity index (χ0) is 17.1. The van der Waals surface area contributed by atoms with Crippen LogP contribution in [0.4, 0.5) is 10.5 Å². The van der Waals surface area contributed by atoms with Crippen LogP contribution in [-0.4, -0.2) is 50.4 Å². The standard InChI is InChI=1S/C19H20N2O4/c22-19(21-6-8-23-9-7-21)20-16-3-1-2-14(12-16)15-4-5-17-18(13-15)25-11-10-24-17/h1-5,12-13H,6-11H2,(H,20,22). The molecule has 1 N–H and O–H groups in total. The van der Waals surface area contributed by atoms with Crippen LogP contribution in [0.3, 0.4) is 0 Å². The highest BCUT2D eigenvalue weighted by atomic mass is 16.6. The van der Waals surface area contributed by atoms with Gasteiger partial charge in [-0.2, -0.15) is 0 Å². The topological polar surface area (TPSA) is 60.0 Å². The highest BCUT2D eigenvalue weighted by Crippen LogP contribution is 2.35. The van der Waals surface area contributed by atoms with Crippen molar-refractivity contribution in [1.29, 1.82) is 0 Å². The molecule has 0 atom stereocenters. The molecule has 2 aliphatic rings. The van der Waals surface area contributed by atoms with Crippen molar-refractivity contribution >= 4 is 11.7 Å². The van der Waals surface area contributed by atoms with Gasteiger partial charge in [0.1, 0.15) is 13.2 Å². The second-order valence-electron chi connectivity index (χ2n) is 5.97. The second kappa shape index (κ2) is 7.03. The number of nitrogens with one attached hydrogen (secondary N) is 1. The van der Waals surface area contributed by atoms with Gasteiger partial charge in [0.25, 0.3) is 0 Å². The lowest BCUT2D eigenvalue weighted by molar-refractivity contribution is 0.0564. The van der Waals surface area contributed by atoms with Crippen LogP contribution in [0.1, 0.15) is 0 Å². The fourth-order valence-electron chi connectivity index (χ4n) is 2.97. The van der Waals surface area contributed by atoms with Gasteiger partial charge in [-0.25, -0.2) is 4.79 Å². The summed E-state index contributed by atoms with van der Waals surface area (Å²) in [6.45, 7) is 3.55. The summed E-state index contributed by atoms with van der Waals surface area (Å²) in [4.78, 5) is 14.1. The minimum absolute atomic E-state index is 0.0948. The van der Waals surface area contributed by atoms with Gasteiger partial charge in [0, 0.05) is 18.8 Å². The molecule has 2 aromatic rings. The van der Waals surface area contributed by atoms with Crippen molar-refractivity contribution in [3.05, 3.63) is 42.5 Å². The summed E-state index contributed by atoms with van der Waals surface area (Å²) in [7, 11) is 0. The molecule has 2 amide bonds. The molecular formula is C19H20N2O4. The first-order valence-corrected chi connectivity index (χ1v) is 8.43. The Morgan fingerprint density at radius 1 is 0.880 bits per heavy atom. The molecule has 0 aromatic heterocycles. The maximum atomic E-state index is 12.3. The predicted molar refractivity (Wildman–Crippen MR) is 94.3 cm³/mol. The molecule has 25 heavy (non-hydrogen) atoms. The van der Waals surface area contributed by atoms with E-state index in [1.54, 1.807) is 4.90 Å². The van der Waals surface area contributed by atoms with E-state index in [4.69, 9.17) is 14.2 Å². The third-order valence-corrected chi connectivity index (χ3v) is 4.29. The predicted octanol–water partition coefficient (Wildman–Crippen LogP) is 2.99. The van der Waals surface area contributed by atoms with Crippen molar-refractivity contribution in [3.8, 4) is 22.6 Å². The van der Waals surface area contributed by atoms with Gasteiger partial charge in [0.15, 0.2) is 11.5 Å². The Hall–Kier alpha value is -2.73. The first kappa shape index (κ1) is 15.8. The van der Waals surface area contributed by atoms with Gasteiger partial charge in [-0.1, -0.05) is 18.2 Å². The van der Waals surface area contributed by atoms with Gasteiger partial charge in [0.2, 0.25) is 0 Å². The monoisotopic (exact) mass is 340 g/mol. The summed E-state index contributed by atoms with van der Waals surface area (Å²) in [6.07, 6.45) is 0. The van der Waals surface area contributed by atoms with Crippen molar-refractivity contribution in [2.75, 3.05) is 44.8 Å². The summed E-state index contributed by atoms with van der Waals surface area (Å²) < 4.78 is 16.5. The molecule has 2 aliphatic heterocycles. The number of anilines is 1. The maximum Gasteiger partial charge on any atom is 0.321 e. The molecule has 1 saturated heterocycles. The number of carbonyl (C=O) groups excluding carboxylic acids is 1. The van der Waals surface area contributed by atoms with Crippen LogP contribution in [0, 0.1) is 0 Å². The molecule has 0 unspecified atom stereocenters. The Labute approximate surface area is 146 Å². The van der Waals surface area contributed by atoms with Gasteiger partial charge in [-0.15, -0.1) is 0 Å². The van der Waals surface area contributed by atoms with E-state index in [1.807, 2.05) is 42.5 Å². The number of nitrogens with zero attached hydrogens (tertiary/aromatic N) is 1. The van der Waals surface area contributed by atoms with Gasteiger partial charge >= 0.3 is 6.03 Å². The molecule has 0 spiro atoms. The summed E-state index contributed by atoms with van der Waals surface area (Å²) in [5.41, 5.74) is 2.80. The lowest BCUT2D eigenvalue weighted by atomic mass is 10.0. The molecule has 6 nitrogen and oxygen atoms in total. The number of ether oxygens (including phenoxy) is 3. The van der Waals surface area contributed by atoms with Crippen LogP contribution < -0.4 is 14.8 Å². The first-order valence-electron chi connectivity index (χ1n) is 8.43. The van der Waals surface area contributed by atoms with E-state index >= 15 is 0 Å². The smallest absolute Gasteiger partial charge is 0.321 e. The Bertz CT molecular complexity index is 772. The van der Waals surface area contributed by atoms with Crippen LogP contribution >= 0.6 is 0 Å². The van der Waals surface area contributed by atoms with E-state index in [2.05, 4.69) is 5.32 Å². The van der Waals surface area contributed by atoms with E-state index in [1.165, 1.54) is 0 Å². The SMILES string of the molecule is O=C(Nc1cccc(-c2ccc3c(c2)OCCO3)c1)N1CCOCC1. The molecule has 2 heterocycles. The maximum absolute atomic E-state index is 12.3. The zero-order valence-corrected chi connectivity index (χ0v) is 13.9. The summed E-state index contributed by atoms with van der Waals surface area (Å²) in [5.74, 6) is 1.53.